The van der Waals surface area contributed by atoms with E-state index in [0.29, 0.717) is 13.0 Å². The fraction of sp³-hybridized carbons (Fsp3) is 0.478. The van der Waals surface area contributed by atoms with Gasteiger partial charge in [0.1, 0.15) is 12.4 Å². The SMILES string of the molecule is COc1cc(/C=C2\CCCN3C2=NOC[C@@H]3CC(C)(C)O)ccc1-n1cnc(C)c1. The smallest absolute Gasteiger partial charge is 0.171 e. The molecule has 7 heteroatoms. The number of methoxy groups -OCH3 is 1. The largest absolute Gasteiger partial charge is 0.495 e. The molecule has 4 rings (SSSR count). The first-order chi connectivity index (χ1) is 14.3. The summed E-state index contributed by atoms with van der Waals surface area (Å²) in [5.74, 6) is 1.67. The van der Waals surface area contributed by atoms with E-state index in [9.17, 15) is 5.11 Å². The fourth-order valence-electron chi connectivity index (χ4n) is 4.22. The minimum Gasteiger partial charge on any atom is -0.495 e. The maximum Gasteiger partial charge on any atom is 0.171 e. The van der Waals surface area contributed by atoms with E-state index in [1.54, 1.807) is 13.4 Å². The minimum atomic E-state index is -0.743. The molecule has 2 aromatic rings. The molecular weight excluding hydrogens is 380 g/mol. The number of aromatic nitrogens is 2. The van der Waals surface area contributed by atoms with Crippen molar-refractivity contribution < 1.29 is 14.7 Å². The van der Waals surface area contributed by atoms with Crippen LogP contribution in [0.25, 0.3) is 11.8 Å². The number of imidazole rings is 1. The number of rotatable bonds is 5. The maximum atomic E-state index is 10.3. The molecule has 2 aliphatic rings. The van der Waals surface area contributed by atoms with Crippen molar-refractivity contribution in [2.45, 2.75) is 51.7 Å². The number of amidine groups is 1. The highest BCUT2D eigenvalue weighted by Crippen LogP contribution is 2.31. The summed E-state index contributed by atoms with van der Waals surface area (Å²) in [6.07, 6.45) is 8.57. The number of oxime groups is 1. The molecule has 1 atom stereocenters. The topological polar surface area (TPSA) is 72.1 Å². The number of hydrogen-bond donors (Lipinski definition) is 1. The average Bonchev–Trinajstić information content (AvgIpc) is 3.13. The van der Waals surface area contributed by atoms with Crippen molar-refractivity contribution in [2.75, 3.05) is 20.3 Å². The highest BCUT2D eigenvalue weighted by molar-refractivity contribution is 6.02. The summed E-state index contributed by atoms with van der Waals surface area (Å²) in [6.45, 7) is 7.09. The molecule has 3 heterocycles. The lowest BCUT2D eigenvalue weighted by Crippen LogP contribution is -2.51. The Morgan fingerprint density at radius 3 is 2.90 bits per heavy atom. The second kappa shape index (κ2) is 8.14. The van der Waals surface area contributed by atoms with Crippen LogP contribution >= 0.6 is 0 Å². The second-order valence-electron chi connectivity index (χ2n) is 8.70. The molecule has 1 fully saturated rings. The Labute approximate surface area is 177 Å². The van der Waals surface area contributed by atoms with E-state index in [0.717, 1.165) is 53.5 Å². The van der Waals surface area contributed by atoms with E-state index in [-0.39, 0.29) is 6.04 Å². The number of piperidine rings is 1. The van der Waals surface area contributed by atoms with E-state index in [2.05, 4.69) is 27.2 Å². The number of hydrogen-bond acceptors (Lipinski definition) is 6. The van der Waals surface area contributed by atoms with Crippen molar-refractivity contribution in [1.82, 2.24) is 14.5 Å². The Kier molecular flexibility index (Phi) is 5.56. The number of benzene rings is 1. The molecule has 1 aromatic heterocycles. The maximum absolute atomic E-state index is 10.3. The van der Waals surface area contributed by atoms with Gasteiger partial charge < -0.3 is 24.1 Å². The zero-order valence-electron chi connectivity index (χ0n) is 18.1. The predicted octanol–water partition coefficient (Wildman–Crippen LogP) is 3.54. The van der Waals surface area contributed by atoms with E-state index in [4.69, 9.17) is 9.57 Å². The number of aliphatic hydroxyl groups is 1. The van der Waals surface area contributed by atoms with Gasteiger partial charge in [-0.15, -0.1) is 0 Å². The van der Waals surface area contributed by atoms with Crippen molar-refractivity contribution in [3.63, 3.8) is 0 Å². The zero-order chi connectivity index (χ0) is 21.3. The van der Waals surface area contributed by atoms with E-state index in [1.165, 1.54) is 0 Å². The first-order valence-electron chi connectivity index (χ1n) is 10.4. The lowest BCUT2D eigenvalue weighted by atomic mass is 9.93. The van der Waals surface area contributed by atoms with Gasteiger partial charge in [-0.05, 0) is 69.4 Å². The van der Waals surface area contributed by atoms with Gasteiger partial charge in [-0.25, -0.2) is 4.98 Å². The molecule has 0 spiro atoms. The van der Waals surface area contributed by atoms with Crippen LogP contribution in [0.3, 0.4) is 0 Å². The van der Waals surface area contributed by atoms with Crippen LogP contribution in [-0.4, -0.2) is 57.3 Å². The van der Waals surface area contributed by atoms with Crippen molar-refractivity contribution in [1.29, 1.82) is 0 Å². The zero-order valence-corrected chi connectivity index (χ0v) is 18.1. The third kappa shape index (κ3) is 4.36. The second-order valence-corrected chi connectivity index (χ2v) is 8.70. The van der Waals surface area contributed by atoms with E-state index < -0.39 is 5.60 Å². The Morgan fingerprint density at radius 1 is 1.37 bits per heavy atom. The molecule has 0 amide bonds. The van der Waals surface area contributed by atoms with Gasteiger partial charge in [-0.2, -0.15) is 0 Å². The summed E-state index contributed by atoms with van der Waals surface area (Å²) in [5.41, 5.74) is 3.37. The molecule has 160 valence electrons. The molecule has 2 aliphatic heterocycles. The Morgan fingerprint density at radius 2 is 2.20 bits per heavy atom. The lowest BCUT2D eigenvalue weighted by Gasteiger charge is -2.41. The quantitative estimate of drug-likeness (QED) is 0.816. The van der Waals surface area contributed by atoms with Gasteiger partial charge in [0.2, 0.25) is 0 Å². The Bertz CT molecular complexity index is 971. The molecule has 0 aliphatic carbocycles. The van der Waals surface area contributed by atoms with Gasteiger partial charge in [0.25, 0.3) is 0 Å². The van der Waals surface area contributed by atoms with Crippen LogP contribution in [0.1, 0.15) is 44.4 Å². The van der Waals surface area contributed by atoms with Crippen LogP contribution in [0.4, 0.5) is 0 Å². The molecular formula is C23H30N4O3. The van der Waals surface area contributed by atoms with E-state index in [1.807, 2.05) is 43.7 Å². The number of nitrogens with zero attached hydrogens (tertiary/aromatic N) is 4. The normalized spacial score (nSPS) is 20.6. The number of fused-ring (bicyclic) bond motifs is 1. The standard InChI is InChI=1S/C23H30N4O3/c1-16-13-26(15-24-16)20-8-7-17(11-21(20)29-4)10-18-6-5-9-27-19(12-23(2,3)28)14-30-25-22(18)27/h7-8,10-11,13,15,19,28H,5-6,9,12,14H2,1-4H3/b18-10+/t19-/m0/s1. The van der Waals surface area contributed by atoms with Crippen LogP contribution < -0.4 is 4.74 Å². The van der Waals surface area contributed by atoms with Gasteiger partial charge in [-0.3, -0.25) is 0 Å². The van der Waals surface area contributed by atoms with Crippen LogP contribution in [0.2, 0.25) is 0 Å². The van der Waals surface area contributed by atoms with Gasteiger partial charge in [0.05, 0.1) is 36.5 Å². The third-order valence-electron chi connectivity index (χ3n) is 5.53. The van der Waals surface area contributed by atoms with Crippen molar-refractivity contribution >= 4 is 11.9 Å². The first-order valence-corrected chi connectivity index (χ1v) is 10.4. The van der Waals surface area contributed by atoms with E-state index >= 15 is 0 Å². The first kappa shape index (κ1) is 20.5. The Balaban J connectivity index is 1.62. The summed E-state index contributed by atoms with van der Waals surface area (Å²) >= 11 is 0. The number of ether oxygens (including phenoxy) is 1. The van der Waals surface area contributed by atoms with Gasteiger partial charge >= 0.3 is 0 Å². The summed E-state index contributed by atoms with van der Waals surface area (Å²) < 4.78 is 7.61. The summed E-state index contributed by atoms with van der Waals surface area (Å²) in [5, 5.41) is 14.7. The molecule has 0 bridgehead atoms. The van der Waals surface area contributed by atoms with Crippen molar-refractivity contribution in [3.8, 4) is 11.4 Å². The van der Waals surface area contributed by atoms with Gasteiger partial charge in [0.15, 0.2) is 5.84 Å². The minimum absolute atomic E-state index is 0.127. The molecule has 7 nitrogen and oxygen atoms in total. The number of aryl methyl sites for hydroxylation is 1. The molecule has 0 unspecified atom stereocenters. The summed E-state index contributed by atoms with van der Waals surface area (Å²) in [4.78, 5) is 12.1. The lowest BCUT2D eigenvalue weighted by molar-refractivity contribution is -0.0000288. The van der Waals surface area contributed by atoms with Gasteiger partial charge in [-0.1, -0.05) is 11.2 Å². The molecule has 1 aromatic carbocycles. The van der Waals surface area contributed by atoms with Crippen LogP contribution in [0.15, 0.2) is 41.5 Å². The third-order valence-corrected chi connectivity index (χ3v) is 5.53. The molecule has 1 saturated heterocycles. The predicted molar refractivity (Wildman–Crippen MR) is 117 cm³/mol. The molecule has 0 radical (unpaired) electrons. The highest BCUT2D eigenvalue weighted by atomic mass is 16.6. The monoisotopic (exact) mass is 410 g/mol. The average molecular weight is 411 g/mol. The molecule has 30 heavy (non-hydrogen) atoms. The highest BCUT2D eigenvalue weighted by Gasteiger charge is 2.34. The van der Waals surface area contributed by atoms with Crippen LogP contribution in [0.5, 0.6) is 5.75 Å². The van der Waals surface area contributed by atoms with Crippen LogP contribution in [-0.2, 0) is 4.84 Å². The molecule has 0 saturated carbocycles. The summed E-state index contributed by atoms with van der Waals surface area (Å²) in [7, 11) is 1.68. The Hall–Kier alpha value is -2.80. The van der Waals surface area contributed by atoms with Crippen molar-refractivity contribution in [3.05, 3.63) is 47.6 Å². The van der Waals surface area contributed by atoms with Crippen molar-refractivity contribution in [2.24, 2.45) is 5.16 Å². The van der Waals surface area contributed by atoms with Crippen LogP contribution in [0, 0.1) is 6.92 Å². The summed E-state index contributed by atoms with van der Waals surface area (Å²) in [6, 6.07) is 6.29. The van der Waals surface area contributed by atoms with Gasteiger partial charge in [0, 0.05) is 12.7 Å². The fourth-order valence-corrected chi connectivity index (χ4v) is 4.22. The molecule has 1 N–H and O–H groups in total.